The van der Waals surface area contributed by atoms with Crippen LogP contribution in [-0.4, -0.2) is 60.9 Å². The van der Waals surface area contributed by atoms with Gasteiger partial charge in [0.25, 0.3) is 0 Å². The molecule has 0 fully saturated rings. The summed E-state index contributed by atoms with van der Waals surface area (Å²) >= 11 is 0. The molecule has 1 aromatic carbocycles. The van der Waals surface area contributed by atoms with Gasteiger partial charge in [0.15, 0.2) is 5.78 Å². The van der Waals surface area contributed by atoms with Crippen molar-refractivity contribution in [1.29, 1.82) is 0 Å². The zero-order valence-corrected chi connectivity index (χ0v) is 13.0. The number of ether oxygens (including phenoxy) is 1. The molecule has 0 spiro atoms. The first kappa shape index (κ1) is 16.1. The van der Waals surface area contributed by atoms with E-state index >= 15 is 0 Å². The molecule has 5 heteroatoms. The van der Waals surface area contributed by atoms with Gasteiger partial charge in [-0.05, 0) is 24.4 Å². The number of nitrogens with zero attached hydrogens (tertiary/aromatic N) is 1. The molecule has 0 aliphatic rings. The molecule has 0 saturated heterocycles. The van der Waals surface area contributed by atoms with Gasteiger partial charge in [0.1, 0.15) is 18.1 Å². The smallest absolute Gasteiger partial charge is 1.00 e. The molecule has 96 valence electrons. The summed E-state index contributed by atoms with van der Waals surface area (Å²) in [5, 5.41) is 1.86. The van der Waals surface area contributed by atoms with Crippen LogP contribution in [0.15, 0.2) is 36.7 Å². The number of benzene rings is 1. The third kappa shape index (κ3) is 4.56. The standard InChI is InChI=1S/C14H13NO3.Ca.2H/c1-10(16)7-12(17)9-18-14-4-2-3-11-5-6-15-8-13(11)14;;;/h2-6,8H,7,9H2,1H3;;;/q;+2;2*-1. The van der Waals surface area contributed by atoms with Crippen LogP contribution in [0.1, 0.15) is 16.2 Å². The van der Waals surface area contributed by atoms with Gasteiger partial charge in [-0.2, -0.15) is 0 Å². The van der Waals surface area contributed by atoms with Crippen molar-refractivity contribution in [1.82, 2.24) is 4.98 Å². The Bertz CT molecular complexity index is 602. The SMILES string of the molecule is CC(=O)CC(=O)COc1cccc2ccncc12.[Ca+2].[H-].[H-]. The molecule has 1 heterocycles. The molecule has 0 aliphatic carbocycles. The van der Waals surface area contributed by atoms with Gasteiger partial charge in [0.2, 0.25) is 0 Å². The van der Waals surface area contributed by atoms with Crippen LogP contribution in [0.2, 0.25) is 0 Å². The fourth-order valence-corrected chi connectivity index (χ4v) is 1.70. The van der Waals surface area contributed by atoms with E-state index in [1.54, 1.807) is 18.5 Å². The van der Waals surface area contributed by atoms with Gasteiger partial charge in [-0.25, -0.2) is 0 Å². The van der Waals surface area contributed by atoms with Crippen molar-refractivity contribution in [3.8, 4) is 5.75 Å². The van der Waals surface area contributed by atoms with Gasteiger partial charge >= 0.3 is 37.7 Å². The molecular weight excluding hydrogens is 270 g/mol. The normalized spacial score (nSPS) is 9.74. The molecule has 0 saturated carbocycles. The summed E-state index contributed by atoms with van der Waals surface area (Å²) in [4.78, 5) is 26.2. The number of ketones is 2. The molecule has 2 rings (SSSR count). The molecule has 0 atom stereocenters. The number of carbonyl (C=O) groups is 2. The molecule has 0 unspecified atom stereocenters. The molecule has 2 aromatic rings. The number of carbonyl (C=O) groups excluding carboxylic acids is 2. The summed E-state index contributed by atoms with van der Waals surface area (Å²) in [6.45, 7) is 1.30. The molecular formula is C14H15CaNO3. The number of Topliss-reactive ketones (excluding diaryl/α,β-unsaturated/α-hetero) is 2. The summed E-state index contributed by atoms with van der Waals surface area (Å²) < 4.78 is 5.44. The van der Waals surface area contributed by atoms with Crippen molar-refractivity contribution in [2.24, 2.45) is 0 Å². The molecule has 0 amide bonds. The average molecular weight is 285 g/mol. The third-order valence-electron chi connectivity index (χ3n) is 2.48. The molecule has 1 aromatic heterocycles. The van der Waals surface area contributed by atoms with Crippen LogP contribution in [-0.2, 0) is 9.59 Å². The fourth-order valence-electron chi connectivity index (χ4n) is 1.70. The van der Waals surface area contributed by atoms with E-state index in [9.17, 15) is 9.59 Å². The topological polar surface area (TPSA) is 56.3 Å². The van der Waals surface area contributed by atoms with Gasteiger partial charge in [0, 0.05) is 17.8 Å². The van der Waals surface area contributed by atoms with Crippen molar-refractivity contribution >= 4 is 60.1 Å². The summed E-state index contributed by atoms with van der Waals surface area (Å²) in [6.07, 6.45) is 3.32. The van der Waals surface area contributed by atoms with E-state index in [4.69, 9.17) is 4.74 Å². The van der Waals surface area contributed by atoms with Crippen LogP contribution in [0, 0.1) is 0 Å². The predicted octanol–water partition coefficient (Wildman–Crippen LogP) is 2.01. The quantitative estimate of drug-likeness (QED) is 0.623. The molecule has 19 heavy (non-hydrogen) atoms. The second-order valence-electron chi connectivity index (χ2n) is 4.06. The molecule has 0 aliphatic heterocycles. The van der Waals surface area contributed by atoms with E-state index in [0.717, 1.165) is 10.8 Å². The van der Waals surface area contributed by atoms with Crippen LogP contribution >= 0.6 is 0 Å². The first-order valence-corrected chi connectivity index (χ1v) is 5.63. The van der Waals surface area contributed by atoms with Crippen molar-refractivity contribution in [2.75, 3.05) is 6.61 Å². The molecule has 0 N–H and O–H groups in total. The van der Waals surface area contributed by atoms with E-state index < -0.39 is 0 Å². The molecule has 4 nitrogen and oxygen atoms in total. The number of fused-ring (bicyclic) bond motifs is 1. The molecule has 0 bridgehead atoms. The monoisotopic (exact) mass is 285 g/mol. The van der Waals surface area contributed by atoms with Crippen LogP contribution in [0.3, 0.4) is 0 Å². The van der Waals surface area contributed by atoms with Gasteiger partial charge in [-0.3, -0.25) is 14.6 Å². The Morgan fingerprint density at radius 1 is 1.32 bits per heavy atom. The summed E-state index contributed by atoms with van der Waals surface area (Å²) in [6, 6.07) is 7.46. The Morgan fingerprint density at radius 2 is 2.11 bits per heavy atom. The van der Waals surface area contributed by atoms with E-state index in [-0.39, 0.29) is 65.2 Å². The Kier molecular flexibility index (Phi) is 6.42. The van der Waals surface area contributed by atoms with Gasteiger partial charge in [-0.1, -0.05) is 12.1 Å². The Balaban J connectivity index is 0. The van der Waals surface area contributed by atoms with Gasteiger partial charge < -0.3 is 7.59 Å². The van der Waals surface area contributed by atoms with E-state index in [0.29, 0.717) is 5.75 Å². The second kappa shape index (κ2) is 7.58. The summed E-state index contributed by atoms with van der Waals surface area (Å²) in [7, 11) is 0. The third-order valence-corrected chi connectivity index (χ3v) is 2.48. The summed E-state index contributed by atoms with van der Waals surface area (Å²) in [5.74, 6) is 0.240. The number of rotatable bonds is 5. The Labute approximate surface area is 144 Å². The number of hydrogen-bond acceptors (Lipinski definition) is 4. The molecule has 0 radical (unpaired) electrons. The number of hydrogen-bond donors (Lipinski definition) is 0. The predicted molar refractivity (Wildman–Crippen MR) is 75.5 cm³/mol. The van der Waals surface area contributed by atoms with E-state index in [1.807, 2.05) is 18.2 Å². The largest absolute Gasteiger partial charge is 2.00 e. The minimum absolute atomic E-state index is 0. The zero-order chi connectivity index (χ0) is 13.0. The second-order valence-corrected chi connectivity index (χ2v) is 4.06. The first-order valence-electron chi connectivity index (χ1n) is 5.63. The van der Waals surface area contributed by atoms with Crippen molar-refractivity contribution in [2.45, 2.75) is 13.3 Å². The van der Waals surface area contributed by atoms with Crippen LogP contribution in [0.5, 0.6) is 5.75 Å². The van der Waals surface area contributed by atoms with Gasteiger partial charge in [-0.15, -0.1) is 0 Å². The van der Waals surface area contributed by atoms with Crippen LogP contribution in [0.4, 0.5) is 0 Å². The zero-order valence-electron chi connectivity index (χ0n) is 12.8. The maximum absolute atomic E-state index is 11.4. The minimum Gasteiger partial charge on any atom is -1.00 e. The average Bonchev–Trinajstić information content (AvgIpc) is 2.35. The maximum Gasteiger partial charge on any atom is 2.00 e. The fraction of sp³-hybridized carbons (Fsp3) is 0.214. The minimum atomic E-state index is -0.219. The van der Waals surface area contributed by atoms with Crippen molar-refractivity contribution in [3.63, 3.8) is 0 Å². The maximum atomic E-state index is 11.4. The number of pyridine rings is 1. The Hall–Kier alpha value is -0.970. The summed E-state index contributed by atoms with van der Waals surface area (Å²) in [5.41, 5.74) is 0. The van der Waals surface area contributed by atoms with Crippen molar-refractivity contribution < 1.29 is 17.2 Å². The first-order chi connectivity index (χ1) is 8.66. The number of aromatic nitrogens is 1. The van der Waals surface area contributed by atoms with Crippen LogP contribution in [0.25, 0.3) is 10.8 Å². The van der Waals surface area contributed by atoms with E-state index in [2.05, 4.69) is 4.98 Å². The van der Waals surface area contributed by atoms with Crippen LogP contribution < -0.4 is 4.74 Å². The van der Waals surface area contributed by atoms with E-state index in [1.165, 1.54) is 6.92 Å². The Morgan fingerprint density at radius 3 is 2.84 bits per heavy atom. The van der Waals surface area contributed by atoms with Gasteiger partial charge in [0.05, 0.1) is 6.42 Å². The van der Waals surface area contributed by atoms with Crippen molar-refractivity contribution in [3.05, 3.63) is 36.7 Å².